The Morgan fingerprint density at radius 3 is 2.43 bits per heavy atom. The smallest absolute Gasteiger partial charge is 0.374 e. The molecule has 114 valence electrons. The SMILES string of the molecule is O=C(O)c1cc(C(=O)N2CCN(C3CCCC3)CC2)no1. The quantitative estimate of drug-likeness (QED) is 0.897. The Balaban J connectivity index is 1.58. The van der Waals surface area contributed by atoms with Gasteiger partial charge in [0, 0.05) is 38.3 Å². The summed E-state index contributed by atoms with van der Waals surface area (Å²) >= 11 is 0. The Hall–Kier alpha value is -1.89. The molecular weight excluding hydrogens is 274 g/mol. The van der Waals surface area contributed by atoms with Crippen LogP contribution in [0.2, 0.25) is 0 Å². The largest absolute Gasteiger partial charge is 0.475 e. The average Bonchev–Trinajstić information content (AvgIpc) is 3.18. The van der Waals surface area contributed by atoms with Crippen molar-refractivity contribution in [1.82, 2.24) is 15.0 Å². The number of carbonyl (C=O) groups excluding carboxylic acids is 1. The molecule has 2 aliphatic rings. The van der Waals surface area contributed by atoms with Gasteiger partial charge in [0.15, 0.2) is 5.69 Å². The number of rotatable bonds is 3. The first-order valence-corrected chi connectivity index (χ1v) is 7.38. The van der Waals surface area contributed by atoms with E-state index in [-0.39, 0.29) is 17.4 Å². The highest BCUT2D eigenvalue weighted by molar-refractivity contribution is 5.94. The second kappa shape index (κ2) is 5.85. The number of carboxylic acid groups (broad SMARTS) is 1. The fourth-order valence-electron chi connectivity index (χ4n) is 3.20. The van der Waals surface area contributed by atoms with Crippen LogP contribution >= 0.6 is 0 Å². The maximum atomic E-state index is 12.3. The molecule has 3 rings (SSSR count). The van der Waals surface area contributed by atoms with Crippen molar-refractivity contribution in [2.45, 2.75) is 31.7 Å². The van der Waals surface area contributed by atoms with Gasteiger partial charge in [-0.2, -0.15) is 0 Å². The van der Waals surface area contributed by atoms with Crippen molar-refractivity contribution in [3.63, 3.8) is 0 Å². The van der Waals surface area contributed by atoms with E-state index < -0.39 is 5.97 Å². The zero-order chi connectivity index (χ0) is 14.8. The standard InChI is InChI=1S/C14H19N3O4/c18-13(11-9-12(14(19)20)21-15-11)17-7-5-16(6-8-17)10-3-1-2-4-10/h9-10H,1-8H2,(H,19,20). The molecule has 0 radical (unpaired) electrons. The predicted molar refractivity (Wildman–Crippen MR) is 73.2 cm³/mol. The first kappa shape index (κ1) is 14.1. The van der Waals surface area contributed by atoms with Gasteiger partial charge < -0.3 is 14.5 Å². The molecule has 2 fully saturated rings. The predicted octanol–water partition coefficient (Wildman–Crippen LogP) is 1.07. The first-order valence-electron chi connectivity index (χ1n) is 7.38. The summed E-state index contributed by atoms with van der Waals surface area (Å²) in [6.07, 6.45) is 5.14. The van der Waals surface area contributed by atoms with Gasteiger partial charge in [-0.05, 0) is 12.8 Å². The normalized spacial score (nSPS) is 20.9. The minimum absolute atomic E-state index is 0.0710. The lowest BCUT2D eigenvalue weighted by Gasteiger charge is -2.37. The van der Waals surface area contributed by atoms with E-state index in [1.807, 2.05) is 0 Å². The van der Waals surface area contributed by atoms with E-state index in [0.29, 0.717) is 19.1 Å². The molecule has 1 N–H and O–H groups in total. The molecule has 0 bridgehead atoms. The third-order valence-corrected chi connectivity index (χ3v) is 4.38. The van der Waals surface area contributed by atoms with Gasteiger partial charge in [-0.15, -0.1) is 0 Å². The van der Waals surface area contributed by atoms with Crippen LogP contribution < -0.4 is 0 Å². The van der Waals surface area contributed by atoms with E-state index >= 15 is 0 Å². The van der Waals surface area contributed by atoms with Crippen LogP contribution in [0, 0.1) is 0 Å². The summed E-state index contributed by atoms with van der Waals surface area (Å²) in [6.45, 7) is 3.06. The van der Waals surface area contributed by atoms with Crippen LogP contribution in [0.15, 0.2) is 10.6 Å². The summed E-state index contributed by atoms with van der Waals surface area (Å²) in [5.74, 6) is -1.77. The maximum absolute atomic E-state index is 12.3. The summed E-state index contributed by atoms with van der Waals surface area (Å²) in [7, 11) is 0. The van der Waals surface area contributed by atoms with Crippen LogP contribution in [-0.2, 0) is 0 Å². The van der Waals surface area contributed by atoms with Gasteiger partial charge in [-0.1, -0.05) is 18.0 Å². The van der Waals surface area contributed by atoms with Crippen LogP contribution in [0.1, 0.15) is 46.7 Å². The topological polar surface area (TPSA) is 86.9 Å². The number of nitrogens with zero attached hydrogens (tertiary/aromatic N) is 3. The molecule has 0 atom stereocenters. The van der Waals surface area contributed by atoms with Gasteiger partial charge in [-0.25, -0.2) is 4.79 Å². The Morgan fingerprint density at radius 2 is 1.86 bits per heavy atom. The van der Waals surface area contributed by atoms with Gasteiger partial charge >= 0.3 is 5.97 Å². The summed E-state index contributed by atoms with van der Waals surface area (Å²) < 4.78 is 4.63. The van der Waals surface area contributed by atoms with Crippen molar-refractivity contribution in [3.05, 3.63) is 17.5 Å². The molecule has 1 amide bonds. The maximum Gasteiger partial charge on any atom is 0.374 e. The fraction of sp³-hybridized carbons (Fsp3) is 0.643. The Kier molecular flexibility index (Phi) is 3.92. The van der Waals surface area contributed by atoms with Crippen molar-refractivity contribution in [2.75, 3.05) is 26.2 Å². The van der Waals surface area contributed by atoms with Crippen molar-refractivity contribution in [1.29, 1.82) is 0 Å². The second-order valence-corrected chi connectivity index (χ2v) is 5.65. The van der Waals surface area contributed by atoms with E-state index in [0.717, 1.165) is 13.1 Å². The van der Waals surface area contributed by atoms with Crippen molar-refractivity contribution in [2.24, 2.45) is 0 Å². The molecule has 7 nitrogen and oxygen atoms in total. The number of carbonyl (C=O) groups is 2. The lowest BCUT2D eigenvalue weighted by Crippen LogP contribution is -2.51. The molecule has 1 saturated heterocycles. The zero-order valence-electron chi connectivity index (χ0n) is 11.8. The molecule has 0 aromatic carbocycles. The van der Waals surface area contributed by atoms with E-state index in [4.69, 9.17) is 5.11 Å². The number of hydrogen-bond donors (Lipinski definition) is 1. The van der Waals surface area contributed by atoms with Gasteiger partial charge in [0.05, 0.1) is 0 Å². The second-order valence-electron chi connectivity index (χ2n) is 5.65. The highest BCUT2D eigenvalue weighted by Crippen LogP contribution is 2.24. The summed E-state index contributed by atoms with van der Waals surface area (Å²) in [5.41, 5.74) is 0.0710. The van der Waals surface area contributed by atoms with Gasteiger partial charge in [0.2, 0.25) is 5.76 Å². The number of piperazine rings is 1. The molecule has 1 aromatic rings. The highest BCUT2D eigenvalue weighted by atomic mass is 16.5. The molecular formula is C14H19N3O4. The van der Waals surface area contributed by atoms with Crippen molar-refractivity contribution >= 4 is 11.9 Å². The minimum Gasteiger partial charge on any atom is -0.475 e. The lowest BCUT2D eigenvalue weighted by molar-refractivity contribution is 0.0561. The number of aromatic nitrogens is 1. The monoisotopic (exact) mass is 293 g/mol. The van der Waals surface area contributed by atoms with Gasteiger partial charge in [0.1, 0.15) is 0 Å². The van der Waals surface area contributed by atoms with E-state index in [1.54, 1.807) is 4.90 Å². The van der Waals surface area contributed by atoms with Crippen LogP contribution in [0.4, 0.5) is 0 Å². The van der Waals surface area contributed by atoms with Crippen LogP contribution in [0.3, 0.4) is 0 Å². The Bertz CT molecular complexity index is 528. The van der Waals surface area contributed by atoms with Crippen molar-refractivity contribution in [3.8, 4) is 0 Å². The van der Waals surface area contributed by atoms with Crippen LogP contribution in [-0.4, -0.2) is 64.2 Å². The molecule has 0 unspecified atom stereocenters. The number of amides is 1. The summed E-state index contributed by atoms with van der Waals surface area (Å²) in [5, 5.41) is 12.3. The molecule has 1 saturated carbocycles. The average molecular weight is 293 g/mol. The molecule has 1 aliphatic heterocycles. The van der Waals surface area contributed by atoms with Gasteiger partial charge in [-0.3, -0.25) is 9.69 Å². The van der Waals surface area contributed by atoms with E-state index in [9.17, 15) is 9.59 Å². The minimum atomic E-state index is -1.22. The molecule has 1 aromatic heterocycles. The Labute approximate surface area is 122 Å². The summed E-state index contributed by atoms with van der Waals surface area (Å²) in [4.78, 5) is 27.2. The third kappa shape index (κ3) is 2.92. The number of hydrogen-bond acceptors (Lipinski definition) is 5. The molecule has 0 spiro atoms. The summed E-state index contributed by atoms with van der Waals surface area (Å²) in [6, 6.07) is 1.86. The molecule has 2 heterocycles. The molecule has 21 heavy (non-hydrogen) atoms. The number of aromatic carboxylic acids is 1. The lowest BCUT2D eigenvalue weighted by atomic mass is 10.1. The van der Waals surface area contributed by atoms with Gasteiger partial charge in [0.25, 0.3) is 5.91 Å². The fourth-order valence-corrected chi connectivity index (χ4v) is 3.20. The van der Waals surface area contributed by atoms with Crippen molar-refractivity contribution < 1.29 is 19.2 Å². The molecule has 1 aliphatic carbocycles. The Morgan fingerprint density at radius 1 is 1.19 bits per heavy atom. The first-order chi connectivity index (χ1) is 10.1. The van der Waals surface area contributed by atoms with E-state index in [1.165, 1.54) is 31.7 Å². The molecule has 7 heteroatoms. The van der Waals surface area contributed by atoms with Crippen LogP contribution in [0.25, 0.3) is 0 Å². The third-order valence-electron chi connectivity index (χ3n) is 4.38. The zero-order valence-corrected chi connectivity index (χ0v) is 11.8. The number of carboxylic acids is 1. The van der Waals surface area contributed by atoms with Crippen LogP contribution in [0.5, 0.6) is 0 Å². The van der Waals surface area contributed by atoms with E-state index in [2.05, 4.69) is 14.6 Å². The highest BCUT2D eigenvalue weighted by Gasteiger charge is 2.29.